The summed E-state index contributed by atoms with van der Waals surface area (Å²) in [6.07, 6.45) is 1.47. The zero-order valence-electron chi connectivity index (χ0n) is 18.6. The molecule has 4 nitrogen and oxygen atoms in total. The number of carbonyl (C=O) groups excluding carboxylic acids is 1. The van der Waals surface area contributed by atoms with Gasteiger partial charge >= 0.3 is 6.09 Å². The fraction of sp³-hybridized carbons (Fsp3) is 0.682. The number of ether oxygens (including phenoxy) is 1. The van der Waals surface area contributed by atoms with Crippen LogP contribution in [0, 0.1) is 0 Å². The van der Waals surface area contributed by atoms with E-state index in [4.69, 9.17) is 20.8 Å². The van der Waals surface area contributed by atoms with Crippen molar-refractivity contribution in [2.75, 3.05) is 6.61 Å². The maximum atomic E-state index is 12.5. The monoisotopic (exact) mass is 425 g/mol. The van der Waals surface area contributed by atoms with Crippen LogP contribution in [-0.2, 0) is 9.16 Å². The molecule has 0 heterocycles. The van der Waals surface area contributed by atoms with Crippen LogP contribution in [0.1, 0.15) is 65.9 Å². The summed E-state index contributed by atoms with van der Waals surface area (Å²) < 4.78 is 12.1. The molecule has 1 aromatic rings. The number of benzene rings is 1. The number of halogens is 1. The predicted molar refractivity (Wildman–Crippen MR) is 119 cm³/mol. The van der Waals surface area contributed by atoms with Crippen LogP contribution in [0.3, 0.4) is 0 Å². The predicted octanol–water partition coefficient (Wildman–Crippen LogP) is 6.50. The minimum Gasteiger partial charge on any atom is -0.444 e. The first-order chi connectivity index (χ1) is 12.7. The topological polar surface area (TPSA) is 47.6 Å². The van der Waals surface area contributed by atoms with Crippen molar-refractivity contribution in [1.29, 1.82) is 0 Å². The van der Waals surface area contributed by atoms with E-state index in [1.54, 1.807) is 0 Å². The summed E-state index contributed by atoms with van der Waals surface area (Å²) in [6, 6.07) is 7.89. The molecular formula is C22H36ClNO3Si. The molecule has 0 spiro atoms. The van der Waals surface area contributed by atoms with Crippen LogP contribution in [0.2, 0.25) is 23.2 Å². The van der Waals surface area contributed by atoms with Gasteiger partial charge in [-0.25, -0.2) is 4.79 Å². The van der Waals surface area contributed by atoms with E-state index in [0.29, 0.717) is 11.6 Å². The summed E-state index contributed by atoms with van der Waals surface area (Å²) in [5.41, 5.74) is 0.295. The summed E-state index contributed by atoms with van der Waals surface area (Å²) >= 11 is 6.10. The highest BCUT2D eigenvalue weighted by molar-refractivity contribution is 6.74. The lowest BCUT2D eigenvalue weighted by Crippen LogP contribution is -2.48. The Morgan fingerprint density at radius 3 is 2.11 bits per heavy atom. The third kappa shape index (κ3) is 5.98. The molecule has 6 heteroatoms. The van der Waals surface area contributed by atoms with Gasteiger partial charge in [-0.2, -0.15) is 0 Å². The SMILES string of the molecule is CC(C)(C)OC(=O)NC1(C(CO[Si](C)(C)C(C)(C)C)c2ccc(Cl)cc2)CC1. The van der Waals surface area contributed by atoms with E-state index in [1.165, 1.54) is 0 Å². The molecule has 1 N–H and O–H groups in total. The van der Waals surface area contributed by atoms with Gasteiger partial charge in [-0.05, 0) is 69.4 Å². The number of hydrogen-bond donors (Lipinski definition) is 1. The van der Waals surface area contributed by atoms with Crippen molar-refractivity contribution in [3.63, 3.8) is 0 Å². The Hall–Kier alpha value is -1.04. The van der Waals surface area contributed by atoms with Crippen LogP contribution in [-0.4, -0.2) is 32.2 Å². The molecule has 0 bridgehead atoms. The summed E-state index contributed by atoms with van der Waals surface area (Å²) in [6.45, 7) is 17.4. The summed E-state index contributed by atoms with van der Waals surface area (Å²) in [5, 5.41) is 3.99. The number of rotatable bonds is 6. The number of amides is 1. The van der Waals surface area contributed by atoms with Crippen LogP contribution in [0.25, 0.3) is 0 Å². The van der Waals surface area contributed by atoms with E-state index in [9.17, 15) is 4.79 Å². The van der Waals surface area contributed by atoms with Gasteiger partial charge in [0.15, 0.2) is 8.32 Å². The number of alkyl carbamates (subject to hydrolysis) is 1. The third-order valence-corrected chi connectivity index (χ3v) is 10.6. The maximum absolute atomic E-state index is 12.5. The highest BCUT2D eigenvalue weighted by atomic mass is 35.5. The van der Waals surface area contributed by atoms with Crippen LogP contribution in [0.4, 0.5) is 4.79 Å². The molecule has 0 saturated heterocycles. The normalized spacial score (nSPS) is 17.8. The Labute approximate surface area is 176 Å². The van der Waals surface area contributed by atoms with Crippen molar-refractivity contribution < 1.29 is 14.0 Å². The van der Waals surface area contributed by atoms with Crippen LogP contribution < -0.4 is 5.32 Å². The molecule has 28 heavy (non-hydrogen) atoms. The number of hydrogen-bond acceptors (Lipinski definition) is 3. The largest absolute Gasteiger partial charge is 0.444 e. The van der Waals surface area contributed by atoms with Gasteiger partial charge in [0.1, 0.15) is 5.60 Å². The van der Waals surface area contributed by atoms with E-state index in [0.717, 1.165) is 18.4 Å². The highest BCUT2D eigenvalue weighted by Crippen LogP contribution is 2.49. The fourth-order valence-corrected chi connectivity index (χ4v) is 4.12. The number of nitrogens with one attached hydrogen (secondary N) is 1. The first kappa shape index (κ1) is 23.2. The standard InChI is InChI=1S/C22H36ClNO3Si/c1-20(2,3)27-19(25)24-22(13-14-22)18(16-9-11-17(23)12-10-16)15-26-28(7,8)21(4,5)6/h9-12,18H,13-15H2,1-8H3,(H,24,25). The molecule has 1 unspecified atom stereocenters. The second kappa shape index (κ2) is 8.00. The van der Waals surface area contributed by atoms with E-state index in [1.807, 2.05) is 45.0 Å². The minimum absolute atomic E-state index is 0.0615. The summed E-state index contributed by atoms with van der Waals surface area (Å²) in [7, 11) is -1.91. The molecule has 1 fully saturated rings. The molecule has 0 aromatic heterocycles. The lowest BCUT2D eigenvalue weighted by Gasteiger charge is -2.39. The minimum atomic E-state index is -1.91. The van der Waals surface area contributed by atoms with Gasteiger partial charge in [-0.1, -0.05) is 44.5 Å². The summed E-state index contributed by atoms with van der Waals surface area (Å²) in [4.78, 5) is 12.5. The molecule has 0 aliphatic heterocycles. The van der Waals surface area contributed by atoms with Gasteiger partial charge in [0, 0.05) is 17.5 Å². The molecule has 1 aliphatic rings. The molecule has 158 valence electrons. The zero-order chi connectivity index (χ0) is 21.4. The van der Waals surface area contributed by atoms with Gasteiger partial charge < -0.3 is 14.5 Å². The molecule has 1 amide bonds. The first-order valence-electron chi connectivity index (χ1n) is 10.1. The first-order valence-corrected chi connectivity index (χ1v) is 13.3. The maximum Gasteiger partial charge on any atom is 0.408 e. The van der Waals surface area contributed by atoms with Gasteiger partial charge in [-0.15, -0.1) is 0 Å². The second-order valence-electron chi connectivity index (χ2n) is 10.5. The van der Waals surface area contributed by atoms with Crippen molar-refractivity contribution in [3.05, 3.63) is 34.9 Å². The smallest absolute Gasteiger partial charge is 0.408 e. The van der Waals surface area contributed by atoms with E-state index < -0.39 is 13.9 Å². The van der Waals surface area contributed by atoms with Crippen molar-refractivity contribution in [3.8, 4) is 0 Å². The molecule has 1 atom stereocenters. The molecule has 0 radical (unpaired) electrons. The van der Waals surface area contributed by atoms with E-state index in [-0.39, 0.29) is 22.6 Å². The van der Waals surface area contributed by atoms with Crippen LogP contribution in [0.5, 0.6) is 0 Å². The highest BCUT2D eigenvalue weighted by Gasteiger charge is 2.52. The van der Waals surface area contributed by atoms with Crippen molar-refractivity contribution in [2.24, 2.45) is 0 Å². The van der Waals surface area contributed by atoms with Crippen molar-refractivity contribution >= 4 is 26.0 Å². The zero-order valence-corrected chi connectivity index (χ0v) is 20.4. The molecule has 1 aromatic carbocycles. The summed E-state index contributed by atoms with van der Waals surface area (Å²) in [5.74, 6) is 0.0615. The van der Waals surface area contributed by atoms with Crippen molar-refractivity contribution in [1.82, 2.24) is 5.32 Å². The van der Waals surface area contributed by atoms with Gasteiger partial charge in [0.2, 0.25) is 0 Å². The Bertz CT molecular complexity index is 685. The number of carbonyl (C=O) groups is 1. The Balaban J connectivity index is 2.24. The average molecular weight is 426 g/mol. The van der Waals surface area contributed by atoms with Gasteiger partial charge in [-0.3, -0.25) is 0 Å². The lowest BCUT2D eigenvalue weighted by molar-refractivity contribution is 0.0479. The average Bonchev–Trinajstić information content (AvgIpc) is 3.26. The quantitative estimate of drug-likeness (QED) is 0.529. The fourth-order valence-electron chi connectivity index (χ4n) is 2.98. The van der Waals surface area contributed by atoms with Crippen molar-refractivity contribution in [2.45, 2.75) is 89.6 Å². The second-order valence-corrected chi connectivity index (χ2v) is 15.7. The third-order valence-electron chi connectivity index (χ3n) is 5.90. The van der Waals surface area contributed by atoms with Crippen LogP contribution >= 0.6 is 11.6 Å². The molecule has 1 saturated carbocycles. The van der Waals surface area contributed by atoms with Gasteiger partial charge in [0.25, 0.3) is 0 Å². The molecular weight excluding hydrogens is 390 g/mol. The van der Waals surface area contributed by atoms with E-state index >= 15 is 0 Å². The van der Waals surface area contributed by atoms with Gasteiger partial charge in [0.05, 0.1) is 5.54 Å². The Morgan fingerprint density at radius 1 is 1.14 bits per heavy atom. The molecule has 1 aliphatic carbocycles. The Kier molecular flexibility index (Phi) is 6.64. The van der Waals surface area contributed by atoms with E-state index in [2.05, 4.69) is 39.2 Å². The lowest BCUT2D eigenvalue weighted by atomic mass is 9.90. The Morgan fingerprint density at radius 2 is 1.68 bits per heavy atom. The molecule has 2 rings (SSSR count). The van der Waals surface area contributed by atoms with Crippen LogP contribution in [0.15, 0.2) is 24.3 Å².